The van der Waals surface area contributed by atoms with Crippen LogP contribution in [0, 0.1) is 0 Å². The van der Waals surface area contributed by atoms with Crippen LogP contribution in [0.5, 0.6) is 0 Å². The minimum Gasteiger partial charge on any atom is -0.299 e. The summed E-state index contributed by atoms with van der Waals surface area (Å²) in [6.45, 7) is 8.13. The lowest BCUT2D eigenvalue weighted by atomic mass is 9.91. The smallest absolute Gasteiger partial charge is 0.0236 e. The normalized spacial score (nSPS) is 22.1. The molecule has 2 rings (SSSR count). The predicted octanol–water partition coefficient (Wildman–Crippen LogP) is 3.41. The third-order valence-corrected chi connectivity index (χ3v) is 3.62. The molecule has 1 atom stereocenters. The molecule has 1 aromatic carbocycles. The van der Waals surface area contributed by atoms with E-state index in [0.29, 0.717) is 0 Å². The van der Waals surface area contributed by atoms with Gasteiger partial charge in [-0.25, -0.2) is 0 Å². The fourth-order valence-corrected chi connectivity index (χ4v) is 2.58. The van der Waals surface area contributed by atoms with Crippen molar-refractivity contribution in [2.45, 2.75) is 39.2 Å². The van der Waals surface area contributed by atoms with Gasteiger partial charge in [-0.1, -0.05) is 38.1 Å². The van der Waals surface area contributed by atoms with E-state index in [1.165, 1.54) is 25.9 Å². The Kier molecular flexibility index (Phi) is 3.42. The maximum atomic E-state index is 2.55. The molecule has 0 saturated carbocycles. The summed E-state index contributed by atoms with van der Waals surface area (Å²) in [6.07, 6.45) is 2.59. The molecule has 1 aliphatic rings. The van der Waals surface area contributed by atoms with E-state index in [4.69, 9.17) is 0 Å². The van der Waals surface area contributed by atoms with Crippen LogP contribution in [0.15, 0.2) is 24.3 Å². The molecule has 1 heterocycles. The van der Waals surface area contributed by atoms with Gasteiger partial charge in [0.05, 0.1) is 0 Å². The monoisotopic (exact) mass is 203 g/mol. The van der Waals surface area contributed by atoms with E-state index in [1.54, 1.807) is 11.1 Å². The highest BCUT2D eigenvalue weighted by atomic mass is 15.1. The zero-order valence-corrected chi connectivity index (χ0v) is 9.87. The quantitative estimate of drug-likeness (QED) is 0.712. The first-order valence-corrected chi connectivity index (χ1v) is 6.15. The van der Waals surface area contributed by atoms with Crippen LogP contribution in [0.4, 0.5) is 0 Å². The lowest BCUT2D eigenvalue weighted by Gasteiger charge is -2.17. The second kappa shape index (κ2) is 4.80. The van der Waals surface area contributed by atoms with Gasteiger partial charge in [-0.2, -0.15) is 0 Å². The van der Waals surface area contributed by atoms with E-state index in [0.717, 1.165) is 12.5 Å². The Labute approximate surface area is 93.1 Å². The van der Waals surface area contributed by atoms with Gasteiger partial charge in [0.15, 0.2) is 0 Å². The topological polar surface area (TPSA) is 3.24 Å². The molecule has 0 N–H and O–H groups in total. The molecule has 0 bridgehead atoms. The first-order chi connectivity index (χ1) is 7.35. The highest BCUT2D eigenvalue weighted by molar-refractivity contribution is 5.31. The molecule has 0 radical (unpaired) electrons. The lowest BCUT2D eigenvalue weighted by molar-refractivity contribution is 0.278. The Bertz CT molecular complexity index is 319. The van der Waals surface area contributed by atoms with E-state index in [2.05, 4.69) is 43.0 Å². The van der Waals surface area contributed by atoms with E-state index >= 15 is 0 Å². The molecular weight excluding hydrogens is 182 g/mol. The van der Waals surface area contributed by atoms with E-state index in [-0.39, 0.29) is 0 Å². The molecule has 82 valence electrons. The Balaban J connectivity index is 2.31. The van der Waals surface area contributed by atoms with Crippen LogP contribution >= 0.6 is 0 Å². The molecular formula is C14H21N. The standard InChI is InChI=1S/C14H21N/c1-3-12-9-10-15(4-2)11-13-7-5-6-8-14(12)13/h5-8,12H,3-4,9-11H2,1-2H3. The number of rotatable bonds is 2. The van der Waals surface area contributed by atoms with Crippen LogP contribution in [-0.4, -0.2) is 18.0 Å². The fourth-order valence-electron chi connectivity index (χ4n) is 2.58. The minimum atomic E-state index is 0.776. The lowest BCUT2D eigenvalue weighted by Crippen LogP contribution is -2.22. The Morgan fingerprint density at radius 1 is 1.27 bits per heavy atom. The first-order valence-electron chi connectivity index (χ1n) is 6.15. The van der Waals surface area contributed by atoms with Crippen molar-refractivity contribution in [3.05, 3.63) is 35.4 Å². The number of hydrogen-bond donors (Lipinski definition) is 0. The molecule has 0 fully saturated rings. The minimum absolute atomic E-state index is 0.776. The van der Waals surface area contributed by atoms with Gasteiger partial charge in [0.2, 0.25) is 0 Å². The van der Waals surface area contributed by atoms with Crippen LogP contribution in [0.25, 0.3) is 0 Å². The van der Waals surface area contributed by atoms with Crippen LogP contribution in [0.1, 0.15) is 43.7 Å². The van der Waals surface area contributed by atoms with Crippen LogP contribution in [0.3, 0.4) is 0 Å². The molecule has 0 amide bonds. The summed E-state index contributed by atoms with van der Waals surface area (Å²) >= 11 is 0. The zero-order chi connectivity index (χ0) is 10.7. The molecule has 0 aliphatic carbocycles. The average molecular weight is 203 g/mol. The van der Waals surface area contributed by atoms with E-state index < -0.39 is 0 Å². The van der Waals surface area contributed by atoms with Crippen molar-refractivity contribution in [2.24, 2.45) is 0 Å². The second-order valence-corrected chi connectivity index (χ2v) is 4.46. The maximum Gasteiger partial charge on any atom is 0.0236 e. The molecule has 0 spiro atoms. The van der Waals surface area contributed by atoms with Crippen LogP contribution < -0.4 is 0 Å². The van der Waals surface area contributed by atoms with Crippen molar-refractivity contribution in [1.29, 1.82) is 0 Å². The van der Waals surface area contributed by atoms with Gasteiger partial charge in [0, 0.05) is 6.54 Å². The maximum absolute atomic E-state index is 2.55. The van der Waals surface area contributed by atoms with Gasteiger partial charge >= 0.3 is 0 Å². The number of nitrogens with zero attached hydrogens (tertiary/aromatic N) is 1. The summed E-state index contributed by atoms with van der Waals surface area (Å²) in [4.78, 5) is 2.55. The second-order valence-electron chi connectivity index (χ2n) is 4.46. The van der Waals surface area contributed by atoms with E-state index in [9.17, 15) is 0 Å². The van der Waals surface area contributed by atoms with Gasteiger partial charge in [0.25, 0.3) is 0 Å². The Hall–Kier alpha value is -0.820. The molecule has 0 aromatic heterocycles. The summed E-state index contributed by atoms with van der Waals surface area (Å²) in [5.74, 6) is 0.776. The van der Waals surface area contributed by atoms with E-state index in [1.807, 2.05) is 0 Å². The SMILES string of the molecule is CCC1CCN(CC)Cc2ccccc21. The number of fused-ring (bicyclic) bond motifs is 1. The van der Waals surface area contributed by atoms with Gasteiger partial charge in [0.1, 0.15) is 0 Å². The molecule has 1 aromatic rings. The third-order valence-electron chi connectivity index (χ3n) is 3.62. The molecule has 1 nitrogen and oxygen atoms in total. The van der Waals surface area contributed by atoms with Crippen molar-refractivity contribution in [1.82, 2.24) is 4.90 Å². The fraction of sp³-hybridized carbons (Fsp3) is 0.571. The van der Waals surface area contributed by atoms with Crippen LogP contribution in [0.2, 0.25) is 0 Å². The van der Waals surface area contributed by atoms with Crippen LogP contribution in [-0.2, 0) is 6.54 Å². The number of benzene rings is 1. The molecule has 15 heavy (non-hydrogen) atoms. The van der Waals surface area contributed by atoms with Crippen molar-refractivity contribution in [3.63, 3.8) is 0 Å². The van der Waals surface area contributed by atoms with Gasteiger partial charge in [-0.3, -0.25) is 4.90 Å². The predicted molar refractivity (Wildman–Crippen MR) is 65.0 cm³/mol. The average Bonchev–Trinajstić information content (AvgIpc) is 2.47. The van der Waals surface area contributed by atoms with Gasteiger partial charge in [-0.05, 0) is 43.0 Å². The third kappa shape index (κ3) is 2.23. The molecule has 1 unspecified atom stereocenters. The van der Waals surface area contributed by atoms with Crippen molar-refractivity contribution in [2.75, 3.05) is 13.1 Å². The van der Waals surface area contributed by atoms with Crippen molar-refractivity contribution >= 4 is 0 Å². The zero-order valence-electron chi connectivity index (χ0n) is 9.87. The number of hydrogen-bond acceptors (Lipinski definition) is 1. The molecule has 0 saturated heterocycles. The summed E-state index contributed by atoms with van der Waals surface area (Å²) in [7, 11) is 0. The summed E-state index contributed by atoms with van der Waals surface area (Å²) in [5, 5.41) is 0. The molecule has 1 heteroatoms. The summed E-state index contributed by atoms with van der Waals surface area (Å²) in [5.41, 5.74) is 3.14. The Morgan fingerprint density at radius 2 is 2.07 bits per heavy atom. The highest BCUT2D eigenvalue weighted by Crippen LogP contribution is 2.30. The largest absolute Gasteiger partial charge is 0.299 e. The van der Waals surface area contributed by atoms with Gasteiger partial charge in [-0.15, -0.1) is 0 Å². The first kappa shape index (κ1) is 10.7. The molecule has 1 aliphatic heterocycles. The Morgan fingerprint density at radius 3 is 2.80 bits per heavy atom. The summed E-state index contributed by atoms with van der Waals surface area (Å²) in [6, 6.07) is 8.97. The van der Waals surface area contributed by atoms with Crippen molar-refractivity contribution in [3.8, 4) is 0 Å². The summed E-state index contributed by atoms with van der Waals surface area (Å²) < 4.78 is 0. The highest BCUT2D eigenvalue weighted by Gasteiger charge is 2.19. The van der Waals surface area contributed by atoms with Gasteiger partial charge < -0.3 is 0 Å². The van der Waals surface area contributed by atoms with Crippen molar-refractivity contribution < 1.29 is 0 Å².